The average Bonchev–Trinajstić information content (AvgIpc) is 3.82. The Morgan fingerprint density at radius 2 is 1.46 bits per heavy atom. The third-order valence-corrected chi connectivity index (χ3v) is 9.12. The molecule has 1 saturated heterocycles. The normalized spacial score (nSPS) is 17.1. The van der Waals surface area contributed by atoms with Crippen LogP contribution < -0.4 is 16.2 Å². The molecule has 48 heavy (non-hydrogen) atoms. The van der Waals surface area contributed by atoms with Crippen LogP contribution in [0.15, 0.2) is 79.1 Å². The largest absolute Gasteiger partial charge is 0.428 e. The average molecular weight is 648 g/mol. The van der Waals surface area contributed by atoms with Crippen LogP contribution in [-0.4, -0.2) is 49.5 Å². The van der Waals surface area contributed by atoms with Gasteiger partial charge in [0.1, 0.15) is 5.82 Å². The third kappa shape index (κ3) is 5.88. The minimum atomic E-state index is -1.60. The highest BCUT2D eigenvalue weighted by molar-refractivity contribution is 5.89. The Hall–Kier alpha value is -5.91. The number of H-pyrrole nitrogens is 2. The third-order valence-electron chi connectivity index (χ3n) is 9.12. The predicted octanol–water partition coefficient (Wildman–Crippen LogP) is 6.06. The Morgan fingerprint density at radius 3 is 2.04 bits per heavy atom. The van der Waals surface area contributed by atoms with E-state index in [-0.39, 0.29) is 11.9 Å². The summed E-state index contributed by atoms with van der Waals surface area (Å²) in [6.45, 7) is 8.14. The fraction of sp³-hybridized carbons (Fsp3) is 0.250. The number of imidazole rings is 2. The van der Waals surface area contributed by atoms with E-state index in [2.05, 4.69) is 34.0 Å². The quantitative estimate of drug-likeness (QED) is 0.158. The molecule has 1 aliphatic rings. The standard InChI is InChI=1S/C36H37N7O5/c1-21-17-23(11-13-26(21)27-14-12-24(18-22(27)2)29-20-40-34(42-29)47-32(37)45)28-19-39-30(41-28)35(3)15-8-16-43(35)31(44)36(4,48-33(38)46)25-9-6-5-7-10-25/h5-7,9-14,17-20H,8,15-16H2,1-4H3,(H2,37,45)(H2,38,46)(H,39,41)(H,40,42)/t35?,36-/m1/s1. The number of carbonyl (C=O) groups excluding carboxylic acids is 3. The molecule has 1 unspecified atom stereocenters. The van der Waals surface area contributed by atoms with E-state index >= 15 is 0 Å². The van der Waals surface area contributed by atoms with Crippen molar-refractivity contribution in [3.05, 3.63) is 102 Å². The summed E-state index contributed by atoms with van der Waals surface area (Å²) in [5.74, 6) is 0.285. The van der Waals surface area contributed by atoms with Crippen LogP contribution in [0.5, 0.6) is 6.01 Å². The van der Waals surface area contributed by atoms with Crippen LogP contribution in [0.3, 0.4) is 0 Å². The van der Waals surface area contributed by atoms with E-state index in [0.29, 0.717) is 30.0 Å². The van der Waals surface area contributed by atoms with E-state index in [1.54, 1.807) is 48.5 Å². The molecule has 3 heterocycles. The van der Waals surface area contributed by atoms with Crippen LogP contribution >= 0.6 is 0 Å². The van der Waals surface area contributed by atoms with E-state index in [1.807, 2.05) is 44.2 Å². The zero-order valence-electron chi connectivity index (χ0n) is 27.2. The van der Waals surface area contributed by atoms with E-state index in [9.17, 15) is 14.4 Å². The minimum absolute atomic E-state index is 0.0385. The zero-order chi connectivity index (χ0) is 34.2. The Bertz CT molecular complexity index is 2020. The Morgan fingerprint density at radius 1 is 0.854 bits per heavy atom. The topological polar surface area (TPSA) is 182 Å². The van der Waals surface area contributed by atoms with Crippen LogP contribution in [0, 0.1) is 13.8 Å². The highest BCUT2D eigenvalue weighted by Crippen LogP contribution is 2.42. The maximum atomic E-state index is 14.2. The number of benzene rings is 3. The van der Waals surface area contributed by atoms with Crippen molar-refractivity contribution >= 4 is 18.1 Å². The first-order valence-corrected chi connectivity index (χ1v) is 15.6. The Labute approximate surface area is 277 Å². The molecule has 0 bridgehead atoms. The van der Waals surface area contributed by atoms with Gasteiger partial charge in [-0.1, -0.05) is 54.6 Å². The number of aryl methyl sites for hydroxylation is 2. The summed E-state index contributed by atoms with van der Waals surface area (Å²) in [6, 6.07) is 21.2. The number of amides is 3. The van der Waals surface area contributed by atoms with Crippen LogP contribution in [-0.2, 0) is 20.7 Å². The van der Waals surface area contributed by atoms with Crippen LogP contribution in [0.1, 0.15) is 49.2 Å². The molecule has 0 saturated carbocycles. The molecule has 6 N–H and O–H groups in total. The molecular weight excluding hydrogens is 610 g/mol. The second-order valence-corrected chi connectivity index (χ2v) is 12.4. The molecule has 2 atom stereocenters. The van der Waals surface area contributed by atoms with Crippen molar-refractivity contribution in [1.29, 1.82) is 0 Å². The van der Waals surface area contributed by atoms with Gasteiger partial charge < -0.3 is 35.8 Å². The van der Waals surface area contributed by atoms with Gasteiger partial charge in [-0.2, -0.15) is 0 Å². The van der Waals surface area contributed by atoms with Crippen molar-refractivity contribution in [3.8, 4) is 39.7 Å². The van der Waals surface area contributed by atoms with Crippen molar-refractivity contribution in [3.63, 3.8) is 0 Å². The first-order chi connectivity index (χ1) is 22.9. The highest BCUT2D eigenvalue weighted by atomic mass is 16.6. The maximum Gasteiger partial charge on any atom is 0.412 e. The van der Waals surface area contributed by atoms with Gasteiger partial charge in [0, 0.05) is 12.1 Å². The molecule has 246 valence electrons. The lowest BCUT2D eigenvalue weighted by Gasteiger charge is -2.39. The summed E-state index contributed by atoms with van der Waals surface area (Å²) >= 11 is 0. The summed E-state index contributed by atoms with van der Waals surface area (Å²) in [6.07, 6.45) is 2.85. The van der Waals surface area contributed by atoms with Crippen LogP contribution in [0.2, 0.25) is 0 Å². The number of nitrogens with one attached hydrogen (secondary N) is 2. The summed E-state index contributed by atoms with van der Waals surface area (Å²) in [7, 11) is 0. The molecule has 1 aliphatic heterocycles. The van der Waals surface area contributed by atoms with Crippen molar-refractivity contribution in [1.82, 2.24) is 24.8 Å². The number of rotatable bonds is 8. The maximum absolute atomic E-state index is 14.2. The van der Waals surface area contributed by atoms with Crippen molar-refractivity contribution in [2.75, 3.05) is 6.54 Å². The summed E-state index contributed by atoms with van der Waals surface area (Å²) in [5.41, 5.74) is 16.3. The van der Waals surface area contributed by atoms with E-state index in [1.165, 1.54) is 0 Å². The molecule has 0 aliphatic carbocycles. The van der Waals surface area contributed by atoms with Gasteiger partial charge in [0.05, 0.1) is 29.3 Å². The lowest BCUT2D eigenvalue weighted by molar-refractivity contribution is -0.155. The molecule has 6 rings (SSSR count). The number of carbonyl (C=O) groups is 3. The van der Waals surface area contributed by atoms with E-state index < -0.39 is 23.3 Å². The number of nitrogens with zero attached hydrogens (tertiary/aromatic N) is 3. The Kier molecular flexibility index (Phi) is 8.25. The van der Waals surface area contributed by atoms with Crippen LogP contribution in [0.4, 0.5) is 9.59 Å². The fourth-order valence-corrected chi connectivity index (χ4v) is 6.58. The number of aromatic amines is 2. The number of hydrogen-bond donors (Lipinski definition) is 4. The van der Waals surface area contributed by atoms with Gasteiger partial charge in [0.2, 0.25) is 5.60 Å². The lowest BCUT2D eigenvalue weighted by atomic mass is 9.91. The molecule has 3 amide bonds. The van der Waals surface area contributed by atoms with Crippen molar-refractivity contribution < 1.29 is 23.9 Å². The molecular formula is C36H37N7O5. The van der Waals surface area contributed by atoms with Gasteiger partial charge in [0.15, 0.2) is 0 Å². The molecule has 12 nitrogen and oxygen atoms in total. The summed E-state index contributed by atoms with van der Waals surface area (Å²) in [4.78, 5) is 54.1. The number of primary amides is 2. The molecule has 0 spiro atoms. The number of hydrogen-bond acceptors (Lipinski definition) is 7. The first-order valence-electron chi connectivity index (χ1n) is 15.6. The molecule has 12 heteroatoms. The van der Waals surface area contributed by atoms with E-state index in [4.69, 9.17) is 25.9 Å². The number of aromatic nitrogens is 4. The van der Waals surface area contributed by atoms with Gasteiger partial charge in [-0.3, -0.25) is 4.79 Å². The second kappa shape index (κ2) is 12.4. The lowest BCUT2D eigenvalue weighted by Crippen LogP contribution is -2.53. The van der Waals surface area contributed by atoms with Crippen molar-refractivity contribution in [2.45, 2.75) is 51.7 Å². The summed E-state index contributed by atoms with van der Waals surface area (Å²) in [5, 5.41) is 0. The molecule has 3 aromatic carbocycles. The number of likely N-dealkylation sites (tertiary alicyclic amines) is 1. The molecule has 1 fully saturated rings. The second-order valence-electron chi connectivity index (χ2n) is 12.4. The number of nitrogens with two attached hydrogens (primary N) is 2. The fourth-order valence-electron chi connectivity index (χ4n) is 6.58. The highest BCUT2D eigenvalue weighted by Gasteiger charge is 2.51. The SMILES string of the molecule is Cc1cc(-c2cnc(OC(N)=O)[nH]2)ccc1-c1ccc(-c2cnc(C3(C)CCCN3C(=O)[C@](C)(OC(N)=O)c3ccccc3)[nH]2)cc1C. The van der Waals surface area contributed by atoms with E-state index in [0.717, 1.165) is 45.5 Å². The predicted molar refractivity (Wildman–Crippen MR) is 179 cm³/mol. The Balaban J connectivity index is 1.25. The smallest absolute Gasteiger partial charge is 0.412 e. The molecule has 5 aromatic rings. The monoisotopic (exact) mass is 647 g/mol. The van der Waals surface area contributed by atoms with Gasteiger partial charge in [-0.25, -0.2) is 19.6 Å². The molecule has 2 aromatic heterocycles. The van der Waals surface area contributed by atoms with Crippen molar-refractivity contribution in [2.24, 2.45) is 11.5 Å². The summed E-state index contributed by atoms with van der Waals surface area (Å²) < 4.78 is 10.3. The minimum Gasteiger partial charge on any atom is -0.428 e. The first kappa shape index (κ1) is 32.0. The van der Waals surface area contributed by atoms with Gasteiger partial charge in [-0.05, 0) is 86.1 Å². The van der Waals surface area contributed by atoms with Gasteiger partial charge in [0.25, 0.3) is 5.91 Å². The van der Waals surface area contributed by atoms with Gasteiger partial charge >= 0.3 is 18.2 Å². The van der Waals surface area contributed by atoms with Crippen LogP contribution in [0.25, 0.3) is 33.6 Å². The molecule has 0 radical (unpaired) electrons. The number of ether oxygens (including phenoxy) is 2. The van der Waals surface area contributed by atoms with Gasteiger partial charge in [-0.15, -0.1) is 0 Å². The zero-order valence-corrected chi connectivity index (χ0v) is 27.2.